The Kier molecular flexibility index (Phi) is 4.23. The van der Waals surface area contributed by atoms with Crippen LogP contribution in [0.2, 0.25) is 0 Å². The molecule has 0 saturated heterocycles. The number of rotatable bonds is 5. The minimum absolute atomic E-state index is 0.292. The molecular weight excluding hydrogens is 240 g/mol. The van der Waals surface area contributed by atoms with Gasteiger partial charge in [-0.05, 0) is 32.0 Å². The van der Waals surface area contributed by atoms with Crippen LogP contribution in [0.5, 0.6) is 11.6 Å². The highest BCUT2D eigenvalue weighted by Crippen LogP contribution is 2.24. The first-order valence-corrected chi connectivity index (χ1v) is 6.31. The molecule has 4 nitrogen and oxygen atoms in total. The average Bonchev–Trinajstić information content (AvgIpc) is 2.42. The number of aryl methyl sites for hydroxylation is 1. The van der Waals surface area contributed by atoms with Crippen LogP contribution in [-0.4, -0.2) is 16.7 Å². The van der Waals surface area contributed by atoms with Gasteiger partial charge in [0.15, 0.2) is 0 Å². The van der Waals surface area contributed by atoms with E-state index < -0.39 is 0 Å². The molecule has 1 aromatic heterocycles. The average molecular weight is 258 g/mol. The van der Waals surface area contributed by atoms with E-state index in [1.165, 1.54) is 0 Å². The molecule has 19 heavy (non-hydrogen) atoms. The summed E-state index contributed by atoms with van der Waals surface area (Å²) in [5.41, 5.74) is 2.79. The third-order valence-electron chi connectivity index (χ3n) is 2.76. The second-order valence-corrected chi connectivity index (χ2v) is 4.27. The van der Waals surface area contributed by atoms with E-state index in [1.807, 2.05) is 38.1 Å². The summed E-state index contributed by atoms with van der Waals surface area (Å²) in [6, 6.07) is 9.30. The molecule has 0 spiro atoms. The Balaban J connectivity index is 2.12. The first-order chi connectivity index (χ1) is 9.20. The van der Waals surface area contributed by atoms with E-state index in [2.05, 4.69) is 10.3 Å². The van der Waals surface area contributed by atoms with Crippen LogP contribution in [0.3, 0.4) is 0 Å². The number of hydrogen-bond donors (Lipinski definition) is 2. The van der Waals surface area contributed by atoms with Crippen molar-refractivity contribution >= 4 is 5.69 Å². The van der Waals surface area contributed by atoms with E-state index in [-0.39, 0.29) is 0 Å². The standard InChI is InChI=1S/C15H18N2O2/c1-3-19-15-13(5-4-8-16-15)17-10-12-9-11(2)6-7-14(12)18/h4-9,17-18H,3,10H2,1-2H3. The van der Waals surface area contributed by atoms with Gasteiger partial charge in [0.1, 0.15) is 5.75 Å². The number of ether oxygens (including phenoxy) is 1. The van der Waals surface area contributed by atoms with Crippen LogP contribution in [0.25, 0.3) is 0 Å². The Morgan fingerprint density at radius 3 is 2.95 bits per heavy atom. The van der Waals surface area contributed by atoms with Crippen molar-refractivity contribution in [2.45, 2.75) is 20.4 Å². The molecule has 2 rings (SSSR count). The van der Waals surface area contributed by atoms with Crippen molar-refractivity contribution in [3.05, 3.63) is 47.7 Å². The molecule has 0 bridgehead atoms. The van der Waals surface area contributed by atoms with Gasteiger partial charge in [0.05, 0.1) is 12.3 Å². The van der Waals surface area contributed by atoms with E-state index in [0.29, 0.717) is 24.8 Å². The van der Waals surface area contributed by atoms with Gasteiger partial charge < -0.3 is 15.2 Å². The lowest BCUT2D eigenvalue weighted by molar-refractivity contribution is 0.328. The maximum atomic E-state index is 9.80. The predicted molar refractivity (Wildman–Crippen MR) is 75.6 cm³/mol. The molecule has 100 valence electrons. The van der Waals surface area contributed by atoms with Crippen molar-refractivity contribution in [2.75, 3.05) is 11.9 Å². The number of benzene rings is 1. The van der Waals surface area contributed by atoms with E-state index in [4.69, 9.17) is 4.74 Å². The van der Waals surface area contributed by atoms with Crippen LogP contribution in [0, 0.1) is 6.92 Å². The molecular formula is C15H18N2O2. The van der Waals surface area contributed by atoms with Gasteiger partial charge in [0, 0.05) is 18.3 Å². The number of hydrogen-bond acceptors (Lipinski definition) is 4. The molecule has 0 aliphatic heterocycles. The Labute approximate surface area is 113 Å². The highest BCUT2D eigenvalue weighted by atomic mass is 16.5. The largest absolute Gasteiger partial charge is 0.508 e. The lowest BCUT2D eigenvalue weighted by Gasteiger charge is -2.12. The zero-order valence-corrected chi connectivity index (χ0v) is 11.2. The Morgan fingerprint density at radius 1 is 1.32 bits per heavy atom. The summed E-state index contributed by atoms with van der Waals surface area (Å²) >= 11 is 0. The van der Waals surface area contributed by atoms with Gasteiger partial charge in [0.25, 0.3) is 0 Å². The summed E-state index contributed by atoms with van der Waals surface area (Å²) in [5, 5.41) is 13.0. The zero-order chi connectivity index (χ0) is 13.7. The Hall–Kier alpha value is -2.23. The van der Waals surface area contributed by atoms with Gasteiger partial charge in [-0.1, -0.05) is 17.7 Å². The highest BCUT2D eigenvalue weighted by Gasteiger charge is 2.05. The maximum absolute atomic E-state index is 9.80. The number of aromatic nitrogens is 1. The van der Waals surface area contributed by atoms with Crippen molar-refractivity contribution in [1.29, 1.82) is 0 Å². The molecule has 2 aromatic rings. The summed E-state index contributed by atoms with van der Waals surface area (Å²) < 4.78 is 5.44. The van der Waals surface area contributed by atoms with E-state index in [9.17, 15) is 5.11 Å². The van der Waals surface area contributed by atoms with Crippen LogP contribution in [-0.2, 0) is 6.54 Å². The molecule has 1 aromatic carbocycles. The van der Waals surface area contributed by atoms with Gasteiger partial charge in [0.2, 0.25) is 5.88 Å². The molecule has 0 amide bonds. The normalized spacial score (nSPS) is 10.2. The minimum atomic E-state index is 0.292. The van der Waals surface area contributed by atoms with Gasteiger partial charge in [-0.3, -0.25) is 0 Å². The molecule has 0 radical (unpaired) electrons. The number of phenolic OH excluding ortho intramolecular Hbond substituents is 1. The molecule has 2 N–H and O–H groups in total. The number of nitrogens with zero attached hydrogens (tertiary/aromatic N) is 1. The van der Waals surface area contributed by atoms with E-state index in [1.54, 1.807) is 12.3 Å². The molecule has 0 saturated carbocycles. The van der Waals surface area contributed by atoms with Gasteiger partial charge in [-0.15, -0.1) is 0 Å². The molecule has 0 atom stereocenters. The molecule has 1 heterocycles. The van der Waals surface area contributed by atoms with Crippen molar-refractivity contribution in [2.24, 2.45) is 0 Å². The van der Waals surface area contributed by atoms with Crippen LogP contribution in [0.1, 0.15) is 18.1 Å². The highest BCUT2D eigenvalue weighted by molar-refractivity contribution is 5.53. The van der Waals surface area contributed by atoms with Crippen LogP contribution in [0.4, 0.5) is 5.69 Å². The Morgan fingerprint density at radius 2 is 2.16 bits per heavy atom. The summed E-state index contributed by atoms with van der Waals surface area (Å²) in [4.78, 5) is 4.17. The second-order valence-electron chi connectivity index (χ2n) is 4.27. The molecule has 4 heteroatoms. The smallest absolute Gasteiger partial charge is 0.237 e. The van der Waals surface area contributed by atoms with E-state index in [0.717, 1.165) is 16.8 Å². The fraction of sp³-hybridized carbons (Fsp3) is 0.267. The lowest BCUT2D eigenvalue weighted by Crippen LogP contribution is -2.04. The van der Waals surface area contributed by atoms with Crippen molar-refractivity contribution in [1.82, 2.24) is 4.98 Å². The summed E-state index contributed by atoms with van der Waals surface area (Å²) in [6.45, 7) is 5.02. The van der Waals surface area contributed by atoms with Crippen molar-refractivity contribution in [3.8, 4) is 11.6 Å². The zero-order valence-electron chi connectivity index (χ0n) is 11.2. The number of anilines is 1. The molecule has 0 aliphatic rings. The number of pyridine rings is 1. The van der Waals surface area contributed by atoms with E-state index >= 15 is 0 Å². The van der Waals surface area contributed by atoms with Crippen LogP contribution < -0.4 is 10.1 Å². The first-order valence-electron chi connectivity index (χ1n) is 6.31. The van der Waals surface area contributed by atoms with Gasteiger partial charge in [-0.2, -0.15) is 0 Å². The number of phenols is 1. The summed E-state index contributed by atoms with van der Waals surface area (Å²) in [5.74, 6) is 0.872. The fourth-order valence-electron chi connectivity index (χ4n) is 1.82. The topological polar surface area (TPSA) is 54.4 Å². The maximum Gasteiger partial charge on any atom is 0.237 e. The predicted octanol–water partition coefficient (Wildman–Crippen LogP) is 3.11. The first kappa shape index (κ1) is 13.2. The third kappa shape index (κ3) is 3.37. The molecule has 0 unspecified atom stereocenters. The van der Waals surface area contributed by atoms with Crippen LogP contribution in [0.15, 0.2) is 36.5 Å². The second kappa shape index (κ2) is 6.09. The van der Waals surface area contributed by atoms with Crippen LogP contribution >= 0.6 is 0 Å². The van der Waals surface area contributed by atoms with Crippen molar-refractivity contribution in [3.63, 3.8) is 0 Å². The number of aromatic hydroxyl groups is 1. The molecule has 0 aliphatic carbocycles. The van der Waals surface area contributed by atoms with Gasteiger partial charge >= 0.3 is 0 Å². The fourth-order valence-corrected chi connectivity index (χ4v) is 1.82. The summed E-state index contributed by atoms with van der Waals surface area (Å²) in [7, 11) is 0. The third-order valence-corrected chi connectivity index (χ3v) is 2.76. The summed E-state index contributed by atoms with van der Waals surface area (Å²) in [6.07, 6.45) is 1.69. The van der Waals surface area contributed by atoms with Gasteiger partial charge in [-0.25, -0.2) is 4.98 Å². The lowest BCUT2D eigenvalue weighted by atomic mass is 10.1. The quantitative estimate of drug-likeness (QED) is 0.865. The van der Waals surface area contributed by atoms with Crippen molar-refractivity contribution < 1.29 is 9.84 Å². The number of nitrogens with one attached hydrogen (secondary N) is 1. The Bertz CT molecular complexity index is 556. The minimum Gasteiger partial charge on any atom is -0.508 e. The SMILES string of the molecule is CCOc1ncccc1NCc1cc(C)ccc1O. The monoisotopic (exact) mass is 258 g/mol. The molecule has 0 fully saturated rings.